The molecule has 0 amide bonds. The normalized spacial score (nSPS) is 10.3. The average molecular weight is 171 g/mol. The van der Waals surface area contributed by atoms with Crippen molar-refractivity contribution in [3.8, 4) is 0 Å². The number of nitrogens with zero attached hydrogens (tertiary/aromatic N) is 1. The van der Waals surface area contributed by atoms with E-state index in [1.54, 1.807) is 0 Å². The molecule has 0 saturated heterocycles. The fraction of sp³-hybridized carbons (Fsp3) is 0.167. The summed E-state index contributed by atoms with van der Waals surface area (Å²) < 4.78 is 0. The first-order chi connectivity index (χ1) is 6.27. The highest BCUT2D eigenvalue weighted by atomic mass is 15.1. The summed E-state index contributed by atoms with van der Waals surface area (Å²) in [5.41, 5.74) is 1.25. The number of hydrogen-bond donors (Lipinski definition) is 0. The summed E-state index contributed by atoms with van der Waals surface area (Å²) in [4.78, 5) is 2.12. The molecule has 66 valence electrons. The average Bonchev–Trinajstić information content (AvgIpc) is 2.17. The van der Waals surface area contributed by atoms with Gasteiger partial charge in [0.2, 0.25) is 0 Å². The first-order valence-corrected chi connectivity index (χ1v) is 4.43. The third-order valence-electron chi connectivity index (χ3n) is 2.25. The standard InChI is InChI=1S/C12H13N/c1-13(2)12-8-7-10-5-3-4-6-11(10)9-12/h3-9H,1-2H3. The highest BCUT2D eigenvalue weighted by Crippen LogP contribution is 2.20. The SMILES string of the molecule is CN(C)c1ccc2ccccc2c1. The third-order valence-corrected chi connectivity index (χ3v) is 2.25. The van der Waals surface area contributed by atoms with Gasteiger partial charge in [-0.25, -0.2) is 0 Å². The Morgan fingerprint density at radius 1 is 0.846 bits per heavy atom. The first-order valence-electron chi connectivity index (χ1n) is 4.43. The minimum atomic E-state index is 1.25. The van der Waals surface area contributed by atoms with Crippen LogP contribution < -0.4 is 4.90 Å². The van der Waals surface area contributed by atoms with Crippen molar-refractivity contribution in [3.63, 3.8) is 0 Å². The Labute approximate surface area is 78.6 Å². The van der Waals surface area contributed by atoms with Gasteiger partial charge < -0.3 is 4.90 Å². The molecule has 0 N–H and O–H groups in total. The van der Waals surface area contributed by atoms with Crippen molar-refractivity contribution in [2.75, 3.05) is 19.0 Å². The Balaban J connectivity index is 2.62. The number of rotatable bonds is 1. The number of benzene rings is 2. The molecule has 2 aromatic carbocycles. The maximum Gasteiger partial charge on any atom is 0.0367 e. The zero-order valence-electron chi connectivity index (χ0n) is 7.99. The lowest BCUT2D eigenvalue weighted by Gasteiger charge is -2.12. The molecular formula is C12H13N. The number of hydrogen-bond acceptors (Lipinski definition) is 1. The minimum absolute atomic E-state index is 1.25. The minimum Gasteiger partial charge on any atom is -0.378 e. The maximum atomic E-state index is 2.20. The van der Waals surface area contributed by atoms with Gasteiger partial charge in [-0.3, -0.25) is 0 Å². The van der Waals surface area contributed by atoms with Crippen LogP contribution in [-0.4, -0.2) is 14.1 Å². The van der Waals surface area contributed by atoms with Gasteiger partial charge >= 0.3 is 0 Å². The van der Waals surface area contributed by atoms with Crippen LogP contribution in [0, 0.1) is 0 Å². The summed E-state index contributed by atoms with van der Waals surface area (Å²) >= 11 is 0. The summed E-state index contributed by atoms with van der Waals surface area (Å²) in [6.07, 6.45) is 0. The molecule has 1 heteroatoms. The van der Waals surface area contributed by atoms with Crippen molar-refractivity contribution in [1.82, 2.24) is 0 Å². The summed E-state index contributed by atoms with van der Waals surface area (Å²) in [5.74, 6) is 0. The van der Waals surface area contributed by atoms with Crippen LogP contribution in [0.3, 0.4) is 0 Å². The van der Waals surface area contributed by atoms with E-state index in [-0.39, 0.29) is 0 Å². The third kappa shape index (κ3) is 1.50. The fourth-order valence-electron chi connectivity index (χ4n) is 1.45. The van der Waals surface area contributed by atoms with Crippen molar-refractivity contribution >= 4 is 16.5 Å². The van der Waals surface area contributed by atoms with Crippen LogP contribution in [0.15, 0.2) is 42.5 Å². The molecule has 0 fully saturated rings. The quantitative estimate of drug-likeness (QED) is 0.637. The van der Waals surface area contributed by atoms with Gasteiger partial charge in [-0.05, 0) is 22.9 Å². The summed E-state index contributed by atoms with van der Waals surface area (Å²) in [6.45, 7) is 0. The smallest absolute Gasteiger partial charge is 0.0367 e. The Bertz CT molecular complexity index is 418. The first kappa shape index (κ1) is 8.11. The predicted molar refractivity (Wildman–Crippen MR) is 58.3 cm³/mol. The Kier molecular flexibility index (Phi) is 1.93. The Morgan fingerprint density at radius 3 is 2.23 bits per heavy atom. The molecule has 0 spiro atoms. The van der Waals surface area contributed by atoms with E-state index in [0.29, 0.717) is 0 Å². The monoisotopic (exact) mass is 171 g/mol. The Morgan fingerprint density at radius 2 is 1.54 bits per heavy atom. The van der Waals surface area contributed by atoms with Gasteiger partial charge in [-0.1, -0.05) is 30.3 Å². The molecule has 0 heterocycles. The zero-order valence-corrected chi connectivity index (χ0v) is 7.99. The second kappa shape index (κ2) is 3.09. The molecule has 0 atom stereocenters. The van der Waals surface area contributed by atoms with Crippen LogP contribution in [0.4, 0.5) is 5.69 Å². The molecule has 0 aliphatic carbocycles. The number of fused-ring (bicyclic) bond motifs is 1. The molecule has 0 aliphatic heterocycles. The van der Waals surface area contributed by atoms with E-state index in [9.17, 15) is 0 Å². The van der Waals surface area contributed by atoms with Crippen LogP contribution in [-0.2, 0) is 0 Å². The second-order valence-corrected chi connectivity index (χ2v) is 3.43. The van der Waals surface area contributed by atoms with Crippen LogP contribution in [0.1, 0.15) is 0 Å². The van der Waals surface area contributed by atoms with Gasteiger partial charge in [0.1, 0.15) is 0 Å². The van der Waals surface area contributed by atoms with Crippen molar-refractivity contribution in [2.45, 2.75) is 0 Å². The van der Waals surface area contributed by atoms with Crippen molar-refractivity contribution in [1.29, 1.82) is 0 Å². The summed E-state index contributed by atoms with van der Waals surface area (Å²) in [6, 6.07) is 14.9. The van der Waals surface area contributed by atoms with E-state index in [0.717, 1.165) is 0 Å². The van der Waals surface area contributed by atoms with E-state index < -0.39 is 0 Å². The summed E-state index contributed by atoms with van der Waals surface area (Å²) in [7, 11) is 4.12. The maximum absolute atomic E-state index is 2.20. The lowest BCUT2D eigenvalue weighted by Crippen LogP contribution is -2.07. The van der Waals surface area contributed by atoms with Crippen molar-refractivity contribution in [3.05, 3.63) is 42.5 Å². The van der Waals surface area contributed by atoms with E-state index in [1.165, 1.54) is 16.5 Å². The fourth-order valence-corrected chi connectivity index (χ4v) is 1.45. The van der Waals surface area contributed by atoms with E-state index >= 15 is 0 Å². The topological polar surface area (TPSA) is 3.24 Å². The Hall–Kier alpha value is -1.50. The molecule has 0 unspecified atom stereocenters. The molecule has 1 nitrogen and oxygen atoms in total. The highest BCUT2D eigenvalue weighted by molar-refractivity contribution is 5.85. The molecule has 0 aliphatic rings. The van der Waals surface area contributed by atoms with Crippen LogP contribution in [0.5, 0.6) is 0 Å². The lowest BCUT2D eigenvalue weighted by molar-refractivity contribution is 1.14. The molecule has 0 aromatic heterocycles. The molecule has 0 bridgehead atoms. The van der Waals surface area contributed by atoms with Gasteiger partial charge in [-0.2, -0.15) is 0 Å². The number of anilines is 1. The van der Waals surface area contributed by atoms with Crippen molar-refractivity contribution in [2.24, 2.45) is 0 Å². The van der Waals surface area contributed by atoms with Gasteiger partial charge in [0, 0.05) is 19.8 Å². The zero-order chi connectivity index (χ0) is 9.26. The van der Waals surface area contributed by atoms with E-state index in [4.69, 9.17) is 0 Å². The van der Waals surface area contributed by atoms with Gasteiger partial charge in [0.15, 0.2) is 0 Å². The van der Waals surface area contributed by atoms with Gasteiger partial charge in [-0.15, -0.1) is 0 Å². The van der Waals surface area contributed by atoms with Gasteiger partial charge in [0.25, 0.3) is 0 Å². The van der Waals surface area contributed by atoms with Crippen molar-refractivity contribution < 1.29 is 0 Å². The molecule has 0 saturated carbocycles. The molecule has 2 aromatic rings. The molecular weight excluding hydrogens is 158 g/mol. The molecule has 0 radical (unpaired) electrons. The highest BCUT2D eigenvalue weighted by Gasteiger charge is 1.96. The largest absolute Gasteiger partial charge is 0.378 e. The van der Waals surface area contributed by atoms with Crippen LogP contribution >= 0.6 is 0 Å². The second-order valence-electron chi connectivity index (χ2n) is 3.43. The van der Waals surface area contributed by atoms with Crippen LogP contribution in [0.2, 0.25) is 0 Å². The van der Waals surface area contributed by atoms with Crippen LogP contribution in [0.25, 0.3) is 10.8 Å². The lowest BCUT2D eigenvalue weighted by atomic mass is 10.1. The summed E-state index contributed by atoms with van der Waals surface area (Å²) in [5, 5.41) is 2.60. The molecule has 13 heavy (non-hydrogen) atoms. The van der Waals surface area contributed by atoms with Gasteiger partial charge in [0.05, 0.1) is 0 Å². The molecule has 2 rings (SSSR count). The van der Waals surface area contributed by atoms with E-state index in [1.807, 2.05) is 0 Å². The predicted octanol–water partition coefficient (Wildman–Crippen LogP) is 2.91. The van der Waals surface area contributed by atoms with E-state index in [2.05, 4.69) is 61.5 Å².